The van der Waals surface area contributed by atoms with Gasteiger partial charge in [0.1, 0.15) is 31.5 Å². The number of esters is 4. The van der Waals surface area contributed by atoms with Gasteiger partial charge in [-0.15, -0.1) is 0 Å². The molecule has 0 N–H and O–H groups in total. The van der Waals surface area contributed by atoms with Gasteiger partial charge in [0.2, 0.25) is 0 Å². The third kappa shape index (κ3) is 21.6. The summed E-state index contributed by atoms with van der Waals surface area (Å²) >= 11 is 0. The first-order valence-electron chi connectivity index (χ1n) is 16.7. The molecule has 0 amide bonds. The van der Waals surface area contributed by atoms with Gasteiger partial charge in [-0.05, 0) is 58.3 Å². The molecular formula is C35H58O12Si. The average Bonchev–Trinajstić information content (AvgIpc) is 3.07. The van der Waals surface area contributed by atoms with Gasteiger partial charge in [0.15, 0.2) is 0 Å². The quantitative estimate of drug-likeness (QED) is 0.0192. The van der Waals surface area contributed by atoms with Crippen LogP contribution < -0.4 is 0 Å². The fourth-order valence-corrected chi connectivity index (χ4v) is 5.95. The van der Waals surface area contributed by atoms with E-state index in [1.165, 1.54) is 27.2 Å². The van der Waals surface area contributed by atoms with E-state index in [9.17, 15) is 19.2 Å². The molecule has 3 unspecified atom stereocenters. The van der Waals surface area contributed by atoms with Crippen LogP contribution in [0.5, 0.6) is 0 Å². The van der Waals surface area contributed by atoms with Crippen LogP contribution in [0, 0.1) is 0 Å². The Morgan fingerprint density at radius 2 is 1.19 bits per heavy atom. The van der Waals surface area contributed by atoms with Gasteiger partial charge in [-0.2, -0.15) is 0 Å². The number of ether oxygens (including phenoxy) is 4. The second-order valence-electron chi connectivity index (χ2n) is 11.3. The SMILES string of the molecule is C=CO[Si](OC)(OC)OC(COC(=O)CCCCCCCC(CCCC(CCCCC)OC(=O)C=C)OC(=O)C=C)COC(=O)C(=C)C. The van der Waals surface area contributed by atoms with Crippen molar-refractivity contribution in [1.29, 1.82) is 0 Å². The van der Waals surface area contributed by atoms with Crippen molar-refractivity contribution in [3.63, 3.8) is 0 Å². The molecule has 0 aromatic carbocycles. The number of carbonyl (C=O) groups excluding carboxylic acids is 4. The number of unbranched alkanes of at least 4 members (excludes halogenated alkanes) is 6. The first-order chi connectivity index (χ1) is 23.0. The lowest BCUT2D eigenvalue weighted by Crippen LogP contribution is -2.51. The summed E-state index contributed by atoms with van der Waals surface area (Å²) in [4.78, 5) is 48.0. The molecule has 0 aliphatic rings. The van der Waals surface area contributed by atoms with Crippen LogP contribution in [0.1, 0.15) is 104 Å². The minimum absolute atomic E-state index is 0.181. The van der Waals surface area contributed by atoms with Crippen LogP contribution in [-0.4, -0.2) is 78.7 Å². The van der Waals surface area contributed by atoms with Gasteiger partial charge in [0.05, 0.1) is 6.26 Å². The van der Waals surface area contributed by atoms with Gasteiger partial charge in [0.25, 0.3) is 0 Å². The van der Waals surface area contributed by atoms with Crippen LogP contribution in [0.15, 0.2) is 50.3 Å². The molecule has 0 saturated heterocycles. The first-order valence-corrected chi connectivity index (χ1v) is 18.3. The Labute approximate surface area is 288 Å². The Morgan fingerprint density at radius 1 is 0.688 bits per heavy atom. The molecule has 0 spiro atoms. The zero-order valence-corrected chi connectivity index (χ0v) is 30.5. The van der Waals surface area contributed by atoms with E-state index in [0.29, 0.717) is 25.7 Å². The average molecular weight is 699 g/mol. The predicted octanol–water partition coefficient (Wildman–Crippen LogP) is 6.60. The summed E-state index contributed by atoms with van der Waals surface area (Å²) in [6.07, 6.45) is 13.1. The second-order valence-corrected chi connectivity index (χ2v) is 13.5. The van der Waals surface area contributed by atoms with E-state index >= 15 is 0 Å². The topological polar surface area (TPSA) is 142 Å². The van der Waals surface area contributed by atoms with Crippen molar-refractivity contribution in [2.24, 2.45) is 0 Å². The molecule has 0 fully saturated rings. The normalized spacial score (nSPS) is 12.9. The lowest BCUT2D eigenvalue weighted by Gasteiger charge is -2.28. The number of hydrogen-bond donors (Lipinski definition) is 0. The van der Waals surface area contributed by atoms with E-state index in [1.807, 2.05) is 0 Å². The van der Waals surface area contributed by atoms with E-state index in [4.69, 9.17) is 36.7 Å². The van der Waals surface area contributed by atoms with Gasteiger partial charge in [0, 0.05) is 38.4 Å². The van der Waals surface area contributed by atoms with E-state index in [0.717, 1.165) is 70.1 Å². The highest BCUT2D eigenvalue weighted by molar-refractivity contribution is 6.53. The Bertz CT molecular complexity index is 994. The predicted molar refractivity (Wildman–Crippen MR) is 183 cm³/mol. The molecule has 0 aliphatic heterocycles. The molecule has 274 valence electrons. The fourth-order valence-electron chi connectivity index (χ4n) is 4.59. The van der Waals surface area contributed by atoms with E-state index < -0.39 is 39.0 Å². The van der Waals surface area contributed by atoms with Gasteiger partial charge in [-0.1, -0.05) is 65.3 Å². The monoisotopic (exact) mass is 698 g/mol. The molecule has 0 aromatic rings. The van der Waals surface area contributed by atoms with Crippen LogP contribution >= 0.6 is 0 Å². The minimum atomic E-state index is -3.65. The molecule has 3 atom stereocenters. The number of hydrogen-bond acceptors (Lipinski definition) is 12. The van der Waals surface area contributed by atoms with Crippen molar-refractivity contribution in [2.75, 3.05) is 27.4 Å². The van der Waals surface area contributed by atoms with Crippen molar-refractivity contribution in [3.05, 3.63) is 50.3 Å². The third-order valence-corrected chi connectivity index (χ3v) is 9.28. The van der Waals surface area contributed by atoms with E-state index in [-0.39, 0.29) is 37.4 Å². The molecule has 0 heterocycles. The number of carbonyl (C=O) groups is 4. The summed E-state index contributed by atoms with van der Waals surface area (Å²) in [7, 11) is -0.964. The summed E-state index contributed by atoms with van der Waals surface area (Å²) in [6.45, 7) is 17.2. The van der Waals surface area contributed by atoms with Crippen LogP contribution in [0.4, 0.5) is 0 Å². The molecule has 0 radical (unpaired) electrons. The van der Waals surface area contributed by atoms with Crippen molar-refractivity contribution < 1.29 is 55.8 Å². The maximum absolute atomic E-state index is 12.4. The Morgan fingerprint density at radius 3 is 1.69 bits per heavy atom. The maximum atomic E-state index is 12.4. The maximum Gasteiger partial charge on any atom is 0.749 e. The molecule has 0 aromatic heterocycles. The van der Waals surface area contributed by atoms with Gasteiger partial charge in [-0.25, -0.2) is 14.4 Å². The molecule has 0 saturated carbocycles. The van der Waals surface area contributed by atoms with Crippen LogP contribution in [-0.2, 0) is 55.8 Å². The zero-order chi connectivity index (χ0) is 36.2. The lowest BCUT2D eigenvalue weighted by molar-refractivity contribution is -0.153. The third-order valence-electron chi connectivity index (χ3n) is 7.21. The van der Waals surface area contributed by atoms with Gasteiger partial charge >= 0.3 is 32.9 Å². The highest BCUT2D eigenvalue weighted by Crippen LogP contribution is 2.20. The molecular weight excluding hydrogens is 640 g/mol. The van der Waals surface area contributed by atoms with Gasteiger partial charge < -0.3 is 36.7 Å². The van der Waals surface area contributed by atoms with Crippen LogP contribution in [0.3, 0.4) is 0 Å². The van der Waals surface area contributed by atoms with Crippen molar-refractivity contribution in [2.45, 2.75) is 122 Å². The largest absolute Gasteiger partial charge is 0.749 e. The first kappa shape index (κ1) is 44.7. The Balaban J connectivity index is 4.70. The molecule has 13 heteroatoms. The standard InChI is InChI=1S/C35H58O12Si/c1-9-13-17-21-29(45-32(36)10-2)23-20-24-30(46-33(37)11-3)22-18-15-14-16-19-25-34(38)42-26-31(27-43-35(39)28(5)6)47-48(40-7,41-8)44-12-4/h10-12,29-31H,2-5,9,13-27H2,1,6-8H3. The summed E-state index contributed by atoms with van der Waals surface area (Å²) in [6, 6.07) is 0. The minimum Gasteiger partial charge on any atom is -0.487 e. The van der Waals surface area contributed by atoms with Crippen LogP contribution in [0.2, 0.25) is 0 Å². The summed E-state index contributed by atoms with van der Waals surface area (Å²) in [5.41, 5.74) is 0.207. The van der Waals surface area contributed by atoms with Crippen LogP contribution in [0.25, 0.3) is 0 Å². The second kappa shape index (κ2) is 27.7. The molecule has 0 bridgehead atoms. The fraction of sp³-hybridized carbons (Fsp3) is 0.657. The van der Waals surface area contributed by atoms with Crippen molar-refractivity contribution in [1.82, 2.24) is 0 Å². The lowest BCUT2D eigenvalue weighted by atomic mass is 10.00. The van der Waals surface area contributed by atoms with E-state index in [1.54, 1.807) is 0 Å². The summed E-state index contributed by atoms with van der Waals surface area (Å²) < 4.78 is 43.4. The van der Waals surface area contributed by atoms with Crippen molar-refractivity contribution >= 4 is 32.9 Å². The smallest absolute Gasteiger partial charge is 0.487 e. The highest BCUT2D eigenvalue weighted by Gasteiger charge is 2.48. The van der Waals surface area contributed by atoms with Gasteiger partial charge in [-0.3, -0.25) is 4.79 Å². The Kier molecular flexibility index (Phi) is 25.8. The zero-order valence-electron chi connectivity index (χ0n) is 29.5. The summed E-state index contributed by atoms with van der Waals surface area (Å²) in [5, 5.41) is 0. The van der Waals surface area contributed by atoms with Crippen molar-refractivity contribution in [3.8, 4) is 0 Å². The molecule has 0 rings (SSSR count). The molecule has 12 nitrogen and oxygen atoms in total. The molecule has 0 aliphatic carbocycles. The highest BCUT2D eigenvalue weighted by atomic mass is 28.4. The molecule has 48 heavy (non-hydrogen) atoms. The van der Waals surface area contributed by atoms with E-state index in [2.05, 4.69) is 33.2 Å². The summed E-state index contributed by atoms with van der Waals surface area (Å²) in [5.74, 6) is -1.92. The Hall–Kier alpha value is -3.26. The number of rotatable bonds is 31.